The van der Waals surface area contributed by atoms with Crippen molar-refractivity contribution in [3.8, 4) is 11.5 Å². The lowest BCUT2D eigenvalue weighted by Gasteiger charge is -2.28. The fourth-order valence-electron chi connectivity index (χ4n) is 5.85. The lowest BCUT2D eigenvalue weighted by Crippen LogP contribution is -2.42. The largest absolute Gasteiger partial charge is 0.493 e. The summed E-state index contributed by atoms with van der Waals surface area (Å²) in [4.78, 5) is 58.3. The number of hydrogen-bond acceptors (Lipinski definition) is 7. The molecule has 0 bridgehead atoms. The molecule has 0 aliphatic carbocycles. The van der Waals surface area contributed by atoms with Crippen LogP contribution in [0.1, 0.15) is 51.1 Å². The fraction of sp³-hybridized carbons (Fsp3) is 0.133. The number of rotatable bonds is 16. The molecule has 5 rings (SSSR count). The minimum absolute atomic E-state index is 0.0511. The number of carboxylic acid groups (broad SMARTS) is 1. The number of aromatic carboxylic acids is 1. The van der Waals surface area contributed by atoms with Crippen molar-refractivity contribution in [2.24, 2.45) is 4.99 Å². The van der Waals surface area contributed by atoms with E-state index in [1.165, 1.54) is 30.2 Å². The van der Waals surface area contributed by atoms with Crippen LogP contribution in [0.2, 0.25) is 0 Å². The molecule has 2 N–H and O–H groups in total. The topological polar surface area (TPSA) is 135 Å². The third-order valence-electron chi connectivity index (χ3n) is 8.55. The van der Waals surface area contributed by atoms with E-state index in [0.29, 0.717) is 34.7 Å². The van der Waals surface area contributed by atoms with Gasteiger partial charge in [-0.15, -0.1) is 6.58 Å². The monoisotopic (exact) mass is 767 g/mol. The number of allylic oxidation sites excluding steroid dienone is 5. The van der Waals surface area contributed by atoms with Gasteiger partial charge in [0.1, 0.15) is 12.2 Å². The molecule has 284 valence electrons. The van der Waals surface area contributed by atoms with Gasteiger partial charge in [0.15, 0.2) is 16.7 Å². The number of nitrogens with one attached hydrogen (secondary N) is 1. The van der Waals surface area contributed by atoms with Gasteiger partial charge >= 0.3 is 5.97 Å². The average Bonchev–Trinajstić information content (AvgIpc) is 3.21. The van der Waals surface area contributed by atoms with E-state index >= 15 is 0 Å². The fourth-order valence-corrected chi connectivity index (χ4v) is 6.66. The standard InChI is InChI=1S/C45H41N3O7S/c1-5-8-20-36(7-3)48-43(51)37(26-31-25-35(15-6-2)41(38(27-31)54-4)55-28-30-21-23-34(24-22-30)44(52)53)42(50)47-45(48)56-29-39(49)46-40(32-16-11-9-12-17-32)33-18-13-10-14-19-33/h5-14,16-27,40H,1-2,15,28-29H2,3-4H3,(H,46,49)(H,52,53)/b20-8-,36-7+,37-26+. The van der Waals surface area contributed by atoms with E-state index in [0.717, 1.165) is 28.5 Å². The number of carbonyl (C=O) groups excluding carboxylic acids is 3. The van der Waals surface area contributed by atoms with Crippen LogP contribution in [0.25, 0.3) is 6.08 Å². The molecule has 0 aromatic heterocycles. The number of carbonyl (C=O) groups is 4. The van der Waals surface area contributed by atoms with E-state index in [2.05, 4.69) is 23.5 Å². The molecule has 3 amide bonds. The highest BCUT2D eigenvalue weighted by Gasteiger charge is 2.35. The Balaban J connectivity index is 1.43. The van der Waals surface area contributed by atoms with Crippen LogP contribution in [0.15, 0.2) is 157 Å². The molecular formula is C45H41N3O7S. The predicted molar refractivity (Wildman–Crippen MR) is 220 cm³/mol. The smallest absolute Gasteiger partial charge is 0.335 e. The first-order chi connectivity index (χ1) is 27.2. The van der Waals surface area contributed by atoms with Gasteiger partial charge in [0, 0.05) is 11.3 Å². The summed E-state index contributed by atoms with van der Waals surface area (Å²) in [6, 6.07) is 28.5. The second kappa shape index (κ2) is 19.6. The predicted octanol–water partition coefficient (Wildman–Crippen LogP) is 8.09. The van der Waals surface area contributed by atoms with Crippen molar-refractivity contribution in [1.29, 1.82) is 0 Å². The lowest BCUT2D eigenvalue weighted by molar-refractivity contribution is -0.126. The SMILES string of the molecule is C=C/C=C\C(=C/C)N1C(=O)/C(=C/c2cc(CC=C)c(OCc3ccc(C(=O)O)cc3)c(OC)c2)C(=O)N=C1SCC(=O)NC(c1ccccc1)c1ccccc1. The summed E-state index contributed by atoms with van der Waals surface area (Å²) >= 11 is 0.980. The van der Waals surface area contributed by atoms with E-state index in [-0.39, 0.29) is 34.6 Å². The summed E-state index contributed by atoms with van der Waals surface area (Å²) in [7, 11) is 1.48. The second-order valence-corrected chi connectivity index (χ2v) is 13.3. The molecule has 1 heterocycles. The Morgan fingerprint density at radius 1 is 0.964 bits per heavy atom. The van der Waals surface area contributed by atoms with Crippen LogP contribution in [0.5, 0.6) is 11.5 Å². The van der Waals surface area contributed by atoms with Crippen LogP contribution >= 0.6 is 11.8 Å². The van der Waals surface area contributed by atoms with Crippen LogP contribution in [-0.2, 0) is 27.4 Å². The second-order valence-electron chi connectivity index (χ2n) is 12.3. The average molecular weight is 768 g/mol. The number of aliphatic imine (C=N–C) groups is 1. The molecule has 4 aromatic carbocycles. The number of methoxy groups -OCH3 is 1. The van der Waals surface area contributed by atoms with Crippen molar-refractivity contribution in [3.63, 3.8) is 0 Å². The molecule has 0 atom stereocenters. The third-order valence-corrected chi connectivity index (χ3v) is 9.48. The molecule has 0 fully saturated rings. The molecule has 4 aromatic rings. The summed E-state index contributed by atoms with van der Waals surface area (Å²) in [5.41, 5.74) is 4.10. The van der Waals surface area contributed by atoms with Crippen molar-refractivity contribution in [1.82, 2.24) is 10.2 Å². The number of carboxylic acids is 1. The zero-order valence-electron chi connectivity index (χ0n) is 31.0. The molecule has 1 aliphatic rings. The molecule has 0 spiro atoms. The van der Waals surface area contributed by atoms with E-state index in [1.54, 1.807) is 61.6 Å². The van der Waals surface area contributed by atoms with Crippen LogP contribution in [0.4, 0.5) is 0 Å². The maximum absolute atomic E-state index is 14.3. The van der Waals surface area contributed by atoms with Crippen molar-refractivity contribution in [3.05, 3.63) is 185 Å². The number of ether oxygens (including phenoxy) is 2. The van der Waals surface area contributed by atoms with Gasteiger partial charge in [0.05, 0.1) is 24.5 Å². The summed E-state index contributed by atoms with van der Waals surface area (Å²) in [5, 5.41) is 12.4. The van der Waals surface area contributed by atoms with Gasteiger partial charge in [-0.3, -0.25) is 19.3 Å². The Labute approximate surface area is 330 Å². The number of nitrogens with zero attached hydrogens (tertiary/aromatic N) is 2. The lowest BCUT2D eigenvalue weighted by atomic mass is 9.99. The summed E-state index contributed by atoms with van der Waals surface area (Å²) in [6.07, 6.45) is 10.1. The Bertz CT molecular complexity index is 2190. The molecule has 1 aliphatic heterocycles. The Morgan fingerprint density at radius 2 is 1.62 bits per heavy atom. The van der Waals surface area contributed by atoms with Crippen LogP contribution in [0, 0.1) is 0 Å². The summed E-state index contributed by atoms with van der Waals surface area (Å²) in [5.74, 6) is -2.08. The number of amides is 3. The van der Waals surface area contributed by atoms with Gasteiger partial charge in [-0.2, -0.15) is 4.99 Å². The Kier molecular flexibility index (Phi) is 14.1. The number of thioether (sulfide) groups is 1. The highest BCUT2D eigenvalue weighted by Crippen LogP contribution is 2.36. The normalized spacial score (nSPS) is 13.8. The number of benzene rings is 4. The van der Waals surface area contributed by atoms with Crippen molar-refractivity contribution in [2.45, 2.75) is 26.0 Å². The summed E-state index contributed by atoms with van der Waals surface area (Å²) < 4.78 is 11.8. The molecule has 10 nitrogen and oxygen atoms in total. The molecule has 0 radical (unpaired) electrons. The van der Waals surface area contributed by atoms with E-state index < -0.39 is 23.8 Å². The first-order valence-corrected chi connectivity index (χ1v) is 18.6. The molecule has 0 saturated carbocycles. The van der Waals surface area contributed by atoms with Crippen molar-refractivity contribution in [2.75, 3.05) is 12.9 Å². The molecule has 56 heavy (non-hydrogen) atoms. The van der Waals surface area contributed by atoms with E-state index in [9.17, 15) is 24.3 Å². The zero-order chi connectivity index (χ0) is 40.0. The Hall–Kier alpha value is -6.72. The van der Waals surface area contributed by atoms with Crippen LogP contribution < -0.4 is 14.8 Å². The quantitative estimate of drug-likeness (QED) is 0.0506. The minimum Gasteiger partial charge on any atom is -0.493 e. The minimum atomic E-state index is -1.02. The Morgan fingerprint density at radius 3 is 2.20 bits per heavy atom. The van der Waals surface area contributed by atoms with Gasteiger partial charge < -0.3 is 19.9 Å². The number of amidine groups is 1. The summed E-state index contributed by atoms with van der Waals surface area (Å²) in [6.45, 7) is 9.48. The first-order valence-electron chi connectivity index (χ1n) is 17.6. The maximum Gasteiger partial charge on any atom is 0.335 e. The third kappa shape index (κ3) is 10.1. The molecule has 0 saturated heterocycles. The van der Waals surface area contributed by atoms with Gasteiger partial charge in [-0.1, -0.05) is 115 Å². The van der Waals surface area contributed by atoms with Gasteiger partial charge in [0.2, 0.25) is 5.91 Å². The highest BCUT2D eigenvalue weighted by molar-refractivity contribution is 8.14. The van der Waals surface area contributed by atoms with Gasteiger partial charge in [-0.25, -0.2) is 4.79 Å². The van der Waals surface area contributed by atoms with E-state index in [1.807, 2.05) is 60.7 Å². The zero-order valence-corrected chi connectivity index (χ0v) is 31.8. The number of hydrogen-bond donors (Lipinski definition) is 2. The molecular weight excluding hydrogens is 727 g/mol. The maximum atomic E-state index is 14.3. The van der Waals surface area contributed by atoms with Crippen molar-refractivity contribution < 1.29 is 33.8 Å². The van der Waals surface area contributed by atoms with Crippen LogP contribution in [-0.4, -0.2) is 51.7 Å². The molecule has 0 unspecified atom stereocenters. The highest BCUT2D eigenvalue weighted by atomic mass is 32.2. The van der Waals surface area contributed by atoms with Crippen LogP contribution in [0.3, 0.4) is 0 Å². The molecule has 11 heteroatoms. The van der Waals surface area contributed by atoms with E-state index in [4.69, 9.17) is 9.47 Å². The van der Waals surface area contributed by atoms with Gasteiger partial charge in [-0.05, 0) is 72.0 Å². The first kappa shape index (κ1) is 40.5. The van der Waals surface area contributed by atoms with Crippen molar-refractivity contribution >= 4 is 46.7 Å². The van der Waals surface area contributed by atoms with Gasteiger partial charge in [0.25, 0.3) is 11.8 Å².